The lowest BCUT2D eigenvalue weighted by Crippen LogP contribution is -2.25. The van der Waals surface area contributed by atoms with E-state index in [1.54, 1.807) is 0 Å². The highest BCUT2D eigenvalue weighted by atomic mass is 32.2. The molecule has 1 atom stereocenters. The minimum Gasteiger partial charge on any atom is -0.341 e. The Bertz CT molecular complexity index is 1470. The third-order valence-electron chi connectivity index (χ3n) is 7.16. The molecule has 0 saturated heterocycles. The summed E-state index contributed by atoms with van der Waals surface area (Å²) < 4.78 is 2.30. The van der Waals surface area contributed by atoms with Gasteiger partial charge >= 0.3 is 0 Å². The molecular weight excluding hydrogens is 464 g/mol. The summed E-state index contributed by atoms with van der Waals surface area (Å²) in [7, 11) is 0. The van der Waals surface area contributed by atoms with E-state index in [0.717, 1.165) is 49.0 Å². The van der Waals surface area contributed by atoms with Crippen LogP contribution in [0.3, 0.4) is 0 Å². The van der Waals surface area contributed by atoms with Gasteiger partial charge in [0.05, 0.1) is 10.8 Å². The average Bonchev–Trinajstić information content (AvgIpc) is 3.20. The maximum Gasteiger partial charge on any atom is 0.237 e. The van der Waals surface area contributed by atoms with Crippen LogP contribution in [-0.2, 0) is 24.2 Å². The number of nitrogens with one attached hydrogen (secondary N) is 1. The normalized spacial score (nSPS) is 14.6. The van der Waals surface area contributed by atoms with Gasteiger partial charge < -0.3 is 9.88 Å². The molecule has 0 fully saturated rings. The zero-order valence-electron chi connectivity index (χ0n) is 21.0. The molecule has 5 rings (SSSR count). The second kappa shape index (κ2) is 10.8. The number of hydrogen-bond acceptors (Lipinski definition) is 4. The van der Waals surface area contributed by atoms with Crippen LogP contribution < -0.4 is 5.32 Å². The molecular formula is C30H32N4OS. The molecule has 5 nitrogen and oxygen atoms in total. The topological polar surface area (TPSA) is 70.7 Å². The standard InChI is InChI=1S/C30H32N4OS/c1-3-28(36-30-21(19-31)17-20-11-7-5-6-8-13-25(20)33-30)29(35)32-22-15-16-27-24(18-22)23-12-9-10-14-26(23)34(27)4-2/h9-10,12,14-18,28H,3-8,11,13H2,1-2H3,(H,32,35). The molecule has 1 N–H and O–H groups in total. The predicted molar refractivity (Wildman–Crippen MR) is 149 cm³/mol. The van der Waals surface area contributed by atoms with Crippen LogP contribution in [0, 0.1) is 11.3 Å². The minimum absolute atomic E-state index is 0.0569. The summed E-state index contributed by atoms with van der Waals surface area (Å²) in [6.45, 7) is 5.05. The molecule has 0 spiro atoms. The van der Waals surface area contributed by atoms with Crippen LogP contribution in [0.2, 0.25) is 0 Å². The highest BCUT2D eigenvalue weighted by Gasteiger charge is 2.23. The summed E-state index contributed by atoms with van der Waals surface area (Å²) in [6.07, 6.45) is 7.32. The summed E-state index contributed by atoms with van der Waals surface area (Å²) >= 11 is 1.42. The number of thioether (sulfide) groups is 1. The molecule has 4 aromatic rings. The first-order valence-electron chi connectivity index (χ1n) is 13.0. The van der Waals surface area contributed by atoms with E-state index < -0.39 is 0 Å². The van der Waals surface area contributed by atoms with Gasteiger partial charge in [-0.1, -0.05) is 49.7 Å². The van der Waals surface area contributed by atoms with E-state index in [0.29, 0.717) is 17.0 Å². The number of aromatic nitrogens is 2. The number of hydrogen-bond donors (Lipinski definition) is 1. The number of nitriles is 1. The van der Waals surface area contributed by atoms with E-state index in [1.165, 1.54) is 46.6 Å². The monoisotopic (exact) mass is 496 g/mol. The molecule has 0 saturated carbocycles. The highest BCUT2D eigenvalue weighted by molar-refractivity contribution is 8.00. The summed E-state index contributed by atoms with van der Waals surface area (Å²) in [5, 5.41) is 15.6. The van der Waals surface area contributed by atoms with Crippen LogP contribution in [-0.4, -0.2) is 20.7 Å². The van der Waals surface area contributed by atoms with E-state index >= 15 is 0 Å². The predicted octanol–water partition coefficient (Wildman–Crippen LogP) is 7.25. The van der Waals surface area contributed by atoms with Crippen molar-refractivity contribution in [3.8, 4) is 6.07 Å². The van der Waals surface area contributed by atoms with Crippen molar-refractivity contribution in [3.05, 3.63) is 65.4 Å². The van der Waals surface area contributed by atoms with Gasteiger partial charge in [-0.25, -0.2) is 4.98 Å². The smallest absolute Gasteiger partial charge is 0.237 e. The number of nitrogens with zero attached hydrogens (tertiary/aromatic N) is 3. The van der Waals surface area contributed by atoms with Crippen LogP contribution in [0.1, 0.15) is 62.8 Å². The number of anilines is 1. The Balaban J connectivity index is 1.40. The first-order valence-corrected chi connectivity index (χ1v) is 13.9. The molecule has 0 bridgehead atoms. The molecule has 2 aromatic heterocycles. The Labute approximate surface area is 216 Å². The van der Waals surface area contributed by atoms with Gasteiger partial charge in [0.1, 0.15) is 11.1 Å². The summed E-state index contributed by atoms with van der Waals surface area (Å²) in [4.78, 5) is 18.3. The van der Waals surface area contributed by atoms with Crippen LogP contribution in [0.5, 0.6) is 0 Å². The lowest BCUT2D eigenvalue weighted by molar-refractivity contribution is -0.115. The van der Waals surface area contributed by atoms with Crippen LogP contribution >= 0.6 is 11.8 Å². The molecule has 1 aliphatic carbocycles. The first-order chi connectivity index (χ1) is 17.6. The van der Waals surface area contributed by atoms with Crippen molar-refractivity contribution >= 4 is 45.2 Å². The van der Waals surface area contributed by atoms with Crippen molar-refractivity contribution in [1.29, 1.82) is 5.26 Å². The fourth-order valence-corrected chi connectivity index (χ4v) is 6.29. The van der Waals surface area contributed by atoms with Crippen molar-refractivity contribution in [2.75, 3.05) is 5.32 Å². The lowest BCUT2D eigenvalue weighted by Gasteiger charge is -2.18. The highest BCUT2D eigenvalue weighted by Crippen LogP contribution is 2.33. The van der Waals surface area contributed by atoms with Gasteiger partial charge in [0.25, 0.3) is 0 Å². The van der Waals surface area contributed by atoms with Gasteiger partial charge in [-0.15, -0.1) is 0 Å². The Hall–Kier alpha value is -3.30. The Morgan fingerprint density at radius 1 is 1.06 bits per heavy atom. The molecule has 36 heavy (non-hydrogen) atoms. The quantitative estimate of drug-likeness (QED) is 0.285. The molecule has 2 aromatic carbocycles. The lowest BCUT2D eigenvalue weighted by atomic mass is 9.96. The number of rotatable bonds is 6. The van der Waals surface area contributed by atoms with E-state index in [2.05, 4.69) is 59.3 Å². The van der Waals surface area contributed by atoms with E-state index in [9.17, 15) is 10.1 Å². The molecule has 1 amide bonds. The molecule has 0 aliphatic heterocycles. The van der Waals surface area contributed by atoms with Gasteiger partial charge in [0.15, 0.2) is 0 Å². The summed E-state index contributed by atoms with van der Waals surface area (Å²) in [5.41, 5.74) is 6.05. The van der Waals surface area contributed by atoms with Crippen molar-refractivity contribution in [2.45, 2.75) is 75.6 Å². The Kier molecular flexibility index (Phi) is 7.29. The second-order valence-electron chi connectivity index (χ2n) is 9.47. The van der Waals surface area contributed by atoms with Gasteiger partial charge in [-0.2, -0.15) is 5.26 Å². The van der Waals surface area contributed by atoms with E-state index in [1.807, 2.05) is 19.1 Å². The van der Waals surface area contributed by atoms with Crippen LogP contribution in [0.4, 0.5) is 5.69 Å². The number of carbonyl (C=O) groups excluding carboxylic acids is 1. The number of amides is 1. The summed E-state index contributed by atoms with van der Waals surface area (Å²) in [5.74, 6) is -0.0569. The van der Waals surface area contributed by atoms with E-state index in [-0.39, 0.29) is 11.2 Å². The first kappa shape index (κ1) is 24.4. The van der Waals surface area contributed by atoms with Crippen molar-refractivity contribution in [2.24, 2.45) is 0 Å². The number of para-hydroxylation sites is 1. The SMILES string of the molecule is CCC(Sc1nc2c(cc1C#N)CCCCCC2)C(=O)Nc1ccc2c(c1)c1ccccc1n2CC. The third kappa shape index (κ3) is 4.73. The van der Waals surface area contributed by atoms with Crippen molar-refractivity contribution < 1.29 is 4.79 Å². The summed E-state index contributed by atoms with van der Waals surface area (Å²) in [6, 6.07) is 18.9. The number of pyridine rings is 1. The maximum absolute atomic E-state index is 13.4. The number of aryl methyl sites for hydroxylation is 3. The zero-order valence-corrected chi connectivity index (χ0v) is 21.8. The minimum atomic E-state index is -0.330. The average molecular weight is 497 g/mol. The molecule has 0 radical (unpaired) electrons. The molecule has 184 valence electrons. The van der Waals surface area contributed by atoms with Gasteiger partial charge in [-0.3, -0.25) is 4.79 Å². The second-order valence-corrected chi connectivity index (χ2v) is 10.7. The molecule has 6 heteroatoms. The molecule has 2 heterocycles. The van der Waals surface area contributed by atoms with E-state index in [4.69, 9.17) is 4.98 Å². The van der Waals surface area contributed by atoms with Crippen molar-refractivity contribution in [1.82, 2.24) is 9.55 Å². The fourth-order valence-electron chi connectivity index (χ4n) is 5.29. The van der Waals surface area contributed by atoms with Gasteiger partial charge in [-0.05, 0) is 74.9 Å². The maximum atomic E-state index is 13.4. The van der Waals surface area contributed by atoms with Crippen molar-refractivity contribution in [3.63, 3.8) is 0 Å². The third-order valence-corrected chi connectivity index (χ3v) is 8.53. The van der Waals surface area contributed by atoms with Gasteiger partial charge in [0.2, 0.25) is 5.91 Å². The van der Waals surface area contributed by atoms with Crippen LogP contribution in [0.15, 0.2) is 53.6 Å². The number of benzene rings is 2. The number of fused-ring (bicyclic) bond motifs is 4. The van der Waals surface area contributed by atoms with Gasteiger partial charge in [0, 0.05) is 39.7 Å². The zero-order chi connectivity index (χ0) is 25.1. The Morgan fingerprint density at radius 2 is 1.83 bits per heavy atom. The van der Waals surface area contributed by atoms with Crippen LogP contribution in [0.25, 0.3) is 21.8 Å². The Morgan fingerprint density at radius 3 is 2.61 bits per heavy atom. The molecule has 1 unspecified atom stereocenters. The molecule has 1 aliphatic rings. The largest absolute Gasteiger partial charge is 0.341 e. The fraction of sp³-hybridized carbons (Fsp3) is 0.367. The number of carbonyl (C=O) groups is 1.